The third-order valence-corrected chi connectivity index (χ3v) is 6.65. The maximum atomic E-state index is 14.2. The van der Waals surface area contributed by atoms with Crippen LogP contribution in [0.3, 0.4) is 0 Å². The zero-order valence-corrected chi connectivity index (χ0v) is 24.2. The lowest BCUT2D eigenvalue weighted by Crippen LogP contribution is -2.22. The van der Waals surface area contributed by atoms with Crippen LogP contribution in [0.2, 0.25) is 5.28 Å². The van der Waals surface area contributed by atoms with Crippen molar-refractivity contribution in [1.29, 1.82) is 0 Å². The fraction of sp³-hybridized carbons (Fsp3) is 0.370. The summed E-state index contributed by atoms with van der Waals surface area (Å²) in [5.74, 6) is -0.890. The van der Waals surface area contributed by atoms with Gasteiger partial charge in [-0.05, 0) is 81.1 Å². The van der Waals surface area contributed by atoms with E-state index in [1.807, 2.05) is 0 Å². The summed E-state index contributed by atoms with van der Waals surface area (Å²) in [6.45, 7) is 5.58. The minimum absolute atomic E-state index is 0.0166. The molecule has 216 valence electrons. The van der Waals surface area contributed by atoms with Gasteiger partial charge in [0.25, 0.3) is 0 Å². The summed E-state index contributed by atoms with van der Waals surface area (Å²) in [6, 6.07) is 8.83. The number of nitrogens with two attached hydrogens (primary N) is 1. The molecule has 1 amide bonds. The van der Waals surface area contributed by atoms with Crippen molar-refractivity contribution in [3.8, 4) is 22.8 Å². The van der Waals surface area contributed by atoms with Crippen molar-refractivity contribution in [3.63, 3.8) is 0 Å². The molecule has 0 aliphatic rings. The molecule has 0 aliphatic carbocycles. The van der Waals surface area contributed by atoms with Crippen LogP contribution in [0.5, 0.6) is 11.5 Å². The van der Waals surface area contributed by atoms with Crippen LogP contribution in [-0.2, 0) is 20.2 Å². The molecule has 13 heteroatoms. The highest BCUT2D eigenvalue weighted by atomic mass is 35.5. The number of carbonyl (C=O) groups excluding carboxylic acids is 1. The Hall–Kier alpha value is -3.51. The van der Waals surface area contributed by atoms with Crippen molar-refractivity contribution in [2.75, 3.05) is 25.2 Å². The number of hydrogen-bond donors (Lipinski definition) is 1. The van der Waals surface area contributed by atoms with E-state index in [0.717, 1.165) is 12.3 Å². The molecule has 3 aromatic rings. The molecule has 1 heterocycles. The standard InChI is InChI=1S/C27H31ClF2N4O5S/c1-27(2,3)39-26(35)34-40(4,36)16-17-11-19(31)14-20(12-17)37-9-5-6-10-38-23-13-18(7-8-21(23)29)24-22(30)15-32-25(28)33-24/h7-8,11-15H,5-6,9-10,16,31H2,1-4H3. The largest absolute Gasteiger partial charge is 0.494 e. The molecule has 9 nitrogen and oxygen atoms in total. The molecule has 0 radical (unpaired) electrons. The number of anilines is 1. The molecule has 2 N–H and O–H groups in total. The first kappa shape index (κ1) is 31.0. The van der Waals surface area contributed by atoms with Gasteiger partial charge in [0.1, 0.15) is 17.0 Å². The highest BCUT2D eigenvalue weighted by Crippen LogP contribution is 2.28. The lowest BCUT2D eigenvalue weighted by Gasteiger charge is -2.17. The molecule has 1 atom stereocenters. The Morgan fingerprint density at radius 1 is 1.07 bits per heavy atom. The first-order valence-corrected chi connectivity index (χ1v) is 14.7. The van der Waals surface area contributed by atoms with Crippen molar-refractivity contribution in [2.24, 2.45) is 4.36 Å². The van der Waals surface area contributed by atoms with Crippen LogP contribution in [0, 0.1) is 11.6 Å². The fourth-order valence-electron chi connectivity index (χ4n) is 3.52. The lowest BCUT2D eigenvalue weighted by atomic mass is 10.1. The Kier molecular flexibility index (Phi) is 10.3. The number of nitrogens with zero attached hydrogens (tertiary/aromatic N) is 3. The van der Waals surface area contributed by atoms with E-state index in [0.29, 0.717) is 42.0 Å². The summed E-state index contributed by atoms with van der Waals surface area (Å²) in [4.78, 5) is 19.4. The maximum Gasteiger partial charge on any atom is 0.442 e. The molecular weight excluding hydrogens is 566 g/mol. The molecule has 1 unspecified atom stereocenters. The quantitative estimate of drug-likeness (QED) is 0.161. The minimum Gasteiger partial charge on any atom is -0.494 e. The summed E-state index contributed by atoms with van der Waals surface area (Å²) in [7, 11) is -2.92. The smallest absolute Gasteiger partial charge is 0.442 e. The van der Waals surface area contributed by atoms with Crippen LogP contribution < -0.4 is 15.2 Å². The van der Waals surface area contributed by atoms with E-state index in [9.17, 15) is 17.8 Å². The second-order valence-electron chi connectivity index (χ2n) is 9.97. The molecule has 0 fully saturated rings. The number of halogens is 3. The Balaban J connectivity index is 1.52. The van der Waals surface area contributed by atoms with Crippen molar-refractivity contribution >= 4 is 33.1 Å². The van der Waals surface area contributed by atoms with Crippen molar-refractivity contribution in [2.45, 2.75) is 45.0 Å². The summed E-state index contributed by atoms with van der Waals surface area (Å²) in [5.41, 5.74) is 6.47. The molecule has 0 spiro atoms. The monoisotopic (exact) mass is 596 g/mol. The van der Waals surface area contributed by atoms with Crippen molar-refractivity contribution < 1.29 is 32.0 Å². The average Bonchev–Trinajstić information content (AvgIpc) is 2.81. The first-order chi connectivity index (χ1) is 18.7. The Bertz CT molecular complexity index is 1490. The molecule has 0 bridgehead atoms. The molecule has 2 aromatic carbocycles. The third-order valence-electron chi connectivity index (χ3n) is 5.07. The number of unbranched alkanes of at least 4 members (excludes halogenated alkanes) is 1. The van der Waals surface area contributed by atoms with Gasteiger partial charge in [0.05, 0.1) is 34.9 Å². The van der Waals surface area contributed by atoms with E-state index < -0.39 is 33.1 Å². The van der Waals surface area contributed by atoms with Crippen molar-refractivity contribution in [3.05, 3.63) is 65.1 Å². The van der Waals surface area contributed by atoms with Gasteiger partial charge >= 0.3 is 6.09 Å². The second-order valence-corrected chi connectivity index (χ2v) is 12.7. The van der Waals surface area contributed by atoms with Crippen LogP contribution in [0.15, 0.2) is 47.0 Å². The Morgan fingerprint density at radius 3 is 2.48 bits per heavy atom. The molecule has 3 rings (SSSR count). The Labute approximate surface area is 237 Å². The number of rotatable bonds is 10. The van der Waals surface area contributed by atoms with Gasteiger partial charge in [0.15, 0.2) is 17.4 Å². The second kappa shape index (κ2) is 13.2. The minimum atomic E-state index is -2.92. The first-order valence-electron chi connectivity index (χ1n) is 12.3. The summed E-state index contributed by atoms with van der Waals surface area (Å²) < 4.78 is 61.3. The molecule has 1 aromatic heterocycles. The van der Waals surface area contributed by atoms with Crippen LogP contribution in [-0.4, -0.2) is 45.3 Å². The van der Waals surface area contributed by atoms with Gasteiger partial charge in [-0.2, -0.15) is 0 Å². The van der Waals surface area contributed by atoms with Gasteiger partial charge in [0.2, 0.25) is 5.28 Å². The van der Waals surface area contributed by atoms with Crippen molar-refractivity contribution in [1.82, 2.24) is 9.97 Å². The summed E-state index contributed by atoms with van der Waals surface area (Å²) in [6.07, 6.45) is 2.53. The molecular formula is C27H31ClF2N4O5S. The number of carbonyl (C=O) groups is 1. The molecule has 0 saturated heterocycles. The molecule has 0 aliphatic heterocycles. The Morgan fingerprint density at radius 2 is 1.77 bits per heavy atom. The van der Waals surface area contributed by atoms with E-state index in [1.165, 1.54) is 18.4 Å². The normalized spacial score (nSPS) is 12.9. The number of amides is 1. The number of ether oxygens (including phenoxy) is 3. The topological polar surface area (TPSA) is 126 Å². The van der Waals surface area contributed by atoms with Gasteiger partial charge < -0.3 is 19.9 Å². The predicted molar refractivity (Wildman–Crippen MR) is 150 cm³/mol. The van der Waals surface area contributed by atoms with Gasteiger partial charge in [-0.1, -0.05) is 0 Å². The van der Waals surface area contributed by atoms with Gasteiger partial charge in [-0.3, -0.25) is 0 Å². The fourth-order valence-corrected chi connectivity index (χ4v) is 4.85. The van der Waals surface area contributed by atoms with E-state index in [2.05, 4.69) is 14.3 Å². The van der Waals surface area contributed by atoms with Crippen LogP contribution in [0.4, 0.5) is 19.3 Å². The van der Waals surface area contributed by atoms with Gasteiger partial charge in [-0.25, -0.2) is 27.8 Å². The SMILES string of the molecule is CC(C)(C)OC(=O)N=S(C)(=O)Cc1cc(N)cc(OCCCCOc2cc(-c3nc(Cl)ncc3F)ccc2F)c1. The zero-order valence-electron chi connectivity index (χ0n) is 22.6. The number of nitrogen functional groups attached to an aromatic ring is 1. The third kappa shape index (κ3) is 9.91. The van der Waals surface area contributed by atoms with Crippen LogP contribution in [0.25, 0.3) is 11.3 Å². The van der Waals surface area contributed by atoms with Gasteiger partial charge in [-0.15, -0.1) is 4.36 Å². The maximum absolute atomic E-state index is 14.2. The predicted octanol–water partition coefficient (Wildman–Crippen LogP) is 6.43. The van der Waals surface area contributed by atoms with Crippen LogP contribution in [0.1, 0.15) is 39.2 Å². The number of benzene rings is 2. The lowest BCUT2D eigenvalue weighted by molar-refractivity contribution is 0.0607. The van der Waals surface area contributed by atoms with E-state index in [1.54, 1.807) is 39.0 Å². The highest BCUT2D eigenvalue weighted by Gasteiger charge is 2.18. The number of aromatic nitrogens is 2. The van der Waals surface area contributed by atoms with E-state index >= 15 is 0 Å². The average molecular weight is 597 g/mol. The summed E-state index contributed by atoms with van der Waals surface area (Å²) >= 11 is 5.75. The molecule has 40 heavy (non-hydrogen) atoms. The number of hydrogen-bond acceptors (Lipinski definition) is 8. The van der Waals surface area contributed by atoms with E-state index in [4.69, 9.17) is 31.5 Å². The van der Waals surface area contributed by atoms with Crippen LogP contribution >= 0.6 is 11.6 Å². The molecule has 0 saturated carbocycles. The van der Waals surface area contributed by atoms with Gasteiger partial charge in [0, 0.05) is 23.6 Å². The highest BCUT2D eigenvalue weighted by molar-refractivity contribution is 7.92. The summed E-state index contributed by atoms with van der Waals surface area (Å²) in [5, 5.41) is -0.130. The van der Waals surface area contributed by atoms with E-state index in [-0.39, 0.29) is 29.1 Å². The zero-order chi connectivity index (χ0) is 29.5.